The number of ether oxygens (including phenoxy) is 1. The van der Waals surface area contributed by atoms with Crippen LogP contribution in [0.4, 0.5) is 8.78 Å². The summed E-state index contributed by atoms with van der Waals surface area (Å²) in [6.07, 6.45) is 0. The summed E-state index contributed by atoms with van der Waals surface area (Å²) in [5, 5.41) is 0. The van der Waals surface area contributed by atoms with Gasteiger partial charge in [-0.25, -0.2) is 21.9 Å². The van der Waals surface area contributed by atoms with Gasteiger partial charge >= 0.3 is 0 Å². The van der Waals surface area contributed by atoms with Crippen LogP contribution in [0.15, 0.2) is 71.6 Å². The molecule has 7 heteroatoms. The van der Waals surface area contributed by atoms with E-state index in [2.05, 4.69) is 4.72 Å². The number of rotatable bonds is 6. The van der Waals surface area contributed by atoms with Crippen molar-refractivity contribution in [1.82, 2.24) is 4.72 Å². The van der Waals surface area contributed by atoms with Crippen LogP contribution >= 0.6 is 0 Å². The van der Waals surface area contributed by atoms with Gasteiger partial charge in [-0.05, 0) is 60.5 Å². The summed E-state index contributed by atoms with van der Waals surface area (Å²) in [4.78, 5) is 0.0454. The Morgan fingerprint density at radius 3 is 2.25 bits per heavy atom. The van der Waals surface area contributed by atoms with E-state index in [1.165, 1.54) is 55.6 Å². The zero-order chi connectivity index (χ0) is 20.3. The second-order valence-electron chi connectivity index (χ2n) is 6.23. The molecule has 1 atom stereocenters. The van der Waals surface area contributed by atoms with E-state index < -0.39 is 27.7 Å². The Bertz CT molecular complexity index is 1080. The molecule has 0 heterocycles. The Balaban J connectivity index is 1.97. The SMILES string of the molecule is COc1ccc(S(=O)(=O)NC(C)c2cc(F)ccc2-c2ccccc2F)cc1. The molecule has 0 saturated carbocycles. The Morgan fingerprint density at radius 2 is 1.61 bits per heavy atom. The van der Waals surface area contributed by atoms with Crippen LogP contribution in [0.25, 0.3) is 11.1 Å². The topological polar surface area (TPSA) is 55.4 Å². The average molecular weight is 403 g/mol. The van der Waals surface area contributed by atoms with Crippen LogP contribution in [0.5, 0.6) is 5.75 Å². The van der Waals surface area contributed by atoms with Gasteiger partial charge in [-0.2, -0.15) is 0 Å². The second kappa shape index (κ2) is 8.08. The van der Waals surface area contributed by atoms with Gasteiger partial charge in [0.25, 0.3) is 0 Å². The highest BCUT2D eigenvalue weighted by Crippen LogP contribution is 2.31. The summed E-state index contributed by atoms with van der Waals surface area (Å²) in [6, 6.07) is 15.1. The maximum atomic E-state index is 14.2. The third kappa shape index (κ3) is 4.21. The zero-order valence-corrected chi connectivity index (χ0v) is 16.1. The predicted octanol–water partition coefficient (Wildman–Crippen LogP) is 4.68. The fourth-order valence-corrected chi connectivity index (χ4v) is 4.16. The molecule has 28 heavy (non-hydrogen) atoms. The molecule has 0 spiro atoms. The minimum Gasteiger partial charge on any atom is -0.497 e. The van der Waals surface area contributed by atoms with Crippen molar-refractivity contribution in [1.29, 1.82) is 0 Å². The standard InChI is InChI=1S/C21H19F2NO3S/c1-14(24-28(25,26)17-10-8-16(27-2)9-11-17)20-13-15(22)7-12-18(20)19-5-3-4-6-21(19)23/h3-14,24H,1-2H3. The second-order valence-corrected chi connectivity index (χ2v) is 7.94. The number of nitrogens with one attached hydrogen (secondary N) is 1. The summed E-state index contributed by atoms with van der Waals surface area (Å²) in [6.45, 7) is 1.58. The number of benzene rings is 3. The number of hydrogen-bond donors (Lipinski definition) is 1. The maximum absolute atomic E-state index is 14.2. The Morgan fingerprint density at radius 1 is 0.929 bits per heavy atom. The summed E-state index contributed by atoms with van der Waals surface area (Å²) in [5.74, 6) is -0.481. The first-order valence-corrected chi connectivity index (χ1v) is 10.0. The van der Waals surface area contributed by atoms with Crippen molar-refractivity contribution in [2.75, 3.05) is 7.11 Å². The molecule has 0 radical (unpaired) electrons. The van der Waals surface area contributed by atoms with E-state index in [0.29, 0.717) is 16.9 Å². The fourth-order valence-electron chi connectivity index (χ4n) is 2.94. The molecule has 0 aliphatic carbocycles. The molecule has 0 aliphatic rings. The average Bonchev–Trinajstić information content (AvgIpc) is 2.68. The molecule has 0 aliphatic heterocycles. The quantitative estimate of drug-likeness (QED) is 0.650. The molecule has 0 aromatic heterocycles. The molecule has 1 unspecified atom stereocenters. The van der Waals surface area contributed by atoms with Gasteiger partial charge in [0, 0.05) is 11.6 Å². The highest BCUT2D eigenvalue weighted by molar-refractivity contribution is 7.89. The summed E-state index contributed by atoms with van der Waals surface area (Å²) in [5.41, 5.74) is 1.03. The van der Waals surface area contributed by atoms with Crippen LogP contribution in [0, 0.1) is 11.6 Å². The molecule has 0 amide bonds. The minimum atomic E-state index is -3.88. The lowest BCUT2D eigenvalue weighted by Gasteiger charge is -2.19. The molecule has 1 N–H and O–H groups in total. The van der Waals surface area contributed by atoms with E-state index in [0.717, 1.165) is 0 Å². The van der Waals surface area contributed by atoms with Gasteiger partial charge in [0.15, 0.2) is 0 Å². The van der Waals surface area contributed by atoms with E-state index >= 15 is 0 Å². The molecule has 4 nitrogen and oxygen atoms in total. The van der Waals surface area contributed by atoms with Gasteiger partial charge in [0.05, 0.1) is 12.0 Å². The Hall–Kier alpha value is -2.77. The third-order valence-corrected chi connectivity index (χ3v) is 5.90. The van der Waals surface area contributed by atoms with Crippen molar-refractivity contribution in [3.05, 3.63) is 83.9 Å². The van der Waals surface area contributed by atoms with Crippen LogP contribution in [-0.2, 0) is 10.0 Å². The van der Waals surface area contributed by atoms with Crippen molar-refractivity contribution < 1.29 is 21.9 Å². The monoisotopic (exact) mass is 403 g/mol. The number of halogens is 2. The van der Waals surface area contributed by atoms with Crippen LogP contribution in [-0.4, -0.2) is 15.5 Å². The number of sulfonamides is 1. The lowest BCUT2D eigenvalue weighted by Crippen LogP contribution is -2.27. The van der Waals surface area contributed by atoms with Crippen molar-refractivity contribution in [2.24, 2.45) is 0 Å². The number of hydrogen-bond acceptors (Lipinski definition) is 3. The van der Waals surface area contributed by atoms with E-state index in [-0.39, 0.29) is 10.5 Å². The predicted molar refractivity (Wildman–Crippen MR) is 104 cm³/mol. The van der Waals surface area contributed by atoms with Crippen molar-refractivity contribution in [2.45, 2.75) is 17.9 Å². The molecular formula is C21H19F2NO3S. The molecule has 0 saturated heterocycles. The molecule has 3 rings (SSSR count). The Kier molecular flexibility index (Phi) is 5.76. The van der Waals surface area contributed by atoms with Crippen LogP contribution < -0.4 is 9.46 Å². The van der Waals surface area contributed by atoms with Gasteiger partial charge < -0.3 is 4.74 Å². The molecule has 3 aromatic carbocycles. The lowest BCUT2D eigenvalue weighted by molar-refractivity contribution is 0.414. The summed E-state index contributed by atoms with van der Waals surface area (Å²) in [7, 11) is -2.39. The van der Waals surface area contributed by atoms with E-state index in [9.17, 15) is 17.2 Å². The Labute approximate surface area is 162 Å². The van der Waals surface area contributed by atoms with Crippen molar-refractivity contribution >= 4 is 10.0 Å². The van der Waals surface area contributed by atoms with Gasteiger partial charge in [0.2, 0.25) is 10.0 Å². The first-order valence-electron chi connectivity index (χ1n) is 8.52. The largest absolute Gasteiger partial charge is 0.497 e. The van der Waals surface area contributed by atoms with E-state index in [1.54, 1.807) is 25.1 Å². The first-order chi connectivity index (χ1) is 13.3. The molecule has 3 aromatic rings. The van der Waals surface area contributed by atoms with Crippen molar-refractivity contribution in [3.63, 3.8) is 0 Å². The molecule has 0 fully saturated rings. The molecule has 146 valence electrons. The highest BCUT2D eigenvalue weighted by atomic mass is 32.2. The zero-order valence-electron chi connectivity index (χ0n) is 15.3. The van der Waals surface area contributed by atoms with Gasteiger partial charge in [-0.15, -0.1) is 0 Å². The minimum absolute atomic E-state index is 0.0454. The third-order valence-electron chi connectivity index (χ3n) is 4.35. The summed E-state index contributed by atoms with van der Waals surface area (Å²) >= 11 is 0. The number of methoxy groups -OCH3 is 1. The smallest absolute Gasteiger partial charge is 0.241 e. The van der Waals surface area contributed by atoms with Crippen molar-refractivity contribution in [3.8, 4) is 16.9 Å². The molecule has 0 bridgehead atoms. The van der Waals surface area contributed by atoms with E-state index in [1.807, 2.05) is 0 Å². The molecular weight excluding hydrogens is 384 g/mol. The fraction of sp³-hybridized carbons (Fsp3) is 0.143. The van der Waals surface area contributed by atoms with Gasteiger partial charge in [0.1, 0.15) is 17.4 Å². The van der Waals surface area contributed by atoms with Gasteiger partial charge in [-0.3, -0.25) is 0 Å². The maximum Gasteiger partial charge on any atom is 0.241 e. The normalized spacial score (nSPS) is 12.6. The van der Waals surface area contributed by atoms with Crippen LogP contribution in [0.3, 0.4) is 0 Å². The van der Waals surface area contributed by atoms with Crippen LogP contribution in [0.1, 0.15) is 18.5 Å². The highest BCUT2D eigenvalue weighted by Gasteiger charge is 2.22. The van der Waals surface area contributed by atoms with Gasteiger partial charge in [-0.1, -0.05) is 24.3 Å². The first kappa shape index (κ1) is 20.0. The lowest BCUT2D eigenvalue weighted by atomic mass is 9.95. The summed E-state index contributed by atoms with van der Waals surface area (Å²) < 4.78 is 61.1. The van der Waals surface area contributed by atoms with Crippen LogP contribution in [0.2, 0.25) is 0 Å². The van der Waals surface area contributed by atoms with E-state index in [4.69, 9.17) is 4.74 Å².